The number of nitrogens with zero attached hydrogens (tertiary/aromatic N) is 2. The quantitative estimate of drug-likeness (QED) is 0.901. The van der Waals surface area contributed by atoms with Gasteiger partial charge in [-0.15, -0.1) is 0 Å². The molecule has 0 radical (unpaired) electrons. The first-order valence-corrected chi connectivity index (χ1v) is 6.70. The summed E-state index contributed by atoms with van der Waals surface area (Å²) in [6.07, 6.45) is 0. The molecule has 0 aliphatic carbocycles. The highest BCUT2D eigenvalue weighted by atomic mass is 32.1. The summed E-state index contributed by atoms with van der Waals surface area (Å²) in [7, 11) is 0. The van der Waals surface area contributed by atoms with Crippen molar-refractivity contribution >= 4 is 28.3 Å². The molecule has 19 heavy (non-hydrogen) atoms. The summed E-state index contributed by atoms with van der Waals surface area (Å²) in [4.78, 5) is 16.3. The Morgan fingerprint density at radius 3 is 2.53 bits per heavy atom. The minimum Gasteiger partial charge on any atom is -0.372 e. The molecule has 0 unspecified atom stereocenters. The Hall–Kier alpha value is -1.95. The summed E-state index contributed by atoms with van der Waals surface area (Å²) < 4.78 is 4.03. The van der Waals surface area contributed by atoms with Gasteiger partial charge in [0.25, 0.3) is 5.91 Å². The van der Waals surface area contributed by atoms with Crippen LogP contribution >= 0.6 is 11.5 Å². The highest BCUT2D eigenvalue weighted by Gasteiger charge is 2.28. The van der Waals surface area contributed by atoms with Gasteiger partial charge in [-0.2, -0.15) is 4.37 Å². The Kier molecular flexibility index (Phi) is 3.80. The molecule has 1 aromatic carbocycles. The van der Waals surface area contributed by atoms with Gasteiger partial charge >= 0.3 is 0 Å². The maximum atomic E-state index is 12.2. The Labute approximate surface area is 116 Å². The number of anilines is 2. The molecule has 1 amide bonds. The zero-order chi connectivity index (χ0) is 13.9. The van der Waals surface area contributed by atoms with Crippen molar-refractivity contribution in [3.05, 3.63) is 36.2 Å². The molecular formula is C13H16N4OS. The van der Waals surface area contributed by atoms with Crippen molar-refractivity contribution in [3.8, 4) is 0 Å². The van der Waals surface area contributed by atoms with Crippen LogP contribution in [-0.4, -0.2) is 20.8 Å². The normalized spacial score (nSPS) is 11.1. The van der Waals surface area contributed by atoms with E-state index in [4.69, 9.17) is 0 Å². The number of aryl methyl sites for hydroxylation is 1. The lowest BCUT2D eigenvalue weighted by atomic mass is 10.0. The lowest BCUT2D eigenvalue weighted by molar-refractivity contribution is -0.119. The van der Waals surface area contributed by atoms with Crippen molar-refractivity contribution in [3.63, 3.8) is 0 Å². The van der Waals surface area contributed by atoms with E-state index in [0.717, 1.165) is 5.69 Å². The van der Waals surface area contributed by atoms with Crippen molar-refractivity contribution in [2.75, 3.05) is 10.6 Å². The van der Waals surface area contributed by atoms with E-state index in [0.29, 0.717) is 11.0 Å². The minimum atomic E-state index is -0.735. The Morgan fingerprint density at radius 1 is 1.26 bits per heavy atom. The molecule has 0 aliphatic heterocycles. The summed E-state index contributed by atoms with van der Waals surface area (Å²) in [6.45, 7) is 5.44. The minimum absolute atomic E-state index is 0.146. The fourth-order valence-electron chi connectivity index (χ4n) is 1.54. The summed E-state index contributed by atoms with van der Waals surface area (Å²) in [5.74, 6) is 0.515. The van der Waals surface area contributed by atoms with E-state index in [1.165, 1.54) is 11.5 Å². The van der Waals surface area contributed by atoms with Crippen LogP contribution in [0.1, 0.15) is 19.7 Å². The first-order chi connectivity index (χ1) is 8.97. The topological polar surface area (TPSA) is 66.9 Å². The largest absolute Gasteiger partial charge is 0.372 e. The van der Waals surface area contributed by atoms with E-state index in [2.05, 4.69) is 20.0 Å². The summed E-state index contributed by atoms with van der Waals surface area (Å²) in [6, 6.07) is 9.62. The number of nitrogens with one attached hydrogen (secondary N) is 2. The molecule has 2 rings (SSSR count). The van der Waals surface area contributed by atoms with Gasteiger partial charge in [0, 0.05) is 17.2 Å². The second kappa shape index (κ2) is 5.36. The van der Waals surface area contributed by atoms with Crippen LogP contribution in [0.25, 0.3) is 0 Å². The highest BCUT2D eigenvalue weighted by molar-refractivity contribution is 7.09. The van der Waals surface area contributed by atoms with Gasteiger partial charge in [-0.25, -0.2) is 4.98 Å². The van der Waals surface area contributed by atoms with E-state index in [1.807, 2.05) is 44.2 Å². The number of carbonyl (C=O) groups is 1. The highest BCUT2D eigenvalue weighted by Crippen LogP contribution is 2.18. The van der Waals surface area contributed by atoms with Gasteiger partial charge in [0.15, 0.2) is 0 Å². The maximum Gasteiger partial charge on any atom is 0.251 e. The lowest BCUT2D eigenvalue weighted by Crippen LogP contribution is -2.44. The molecule has 100 valence electrons. The molecule has 0 saturated carbocycles. The molecule has 2 N–H and O–H groups in total. The molecule has 0 spiro atoms. The van der Waals surface area contributed by atoms with Crippen molar-refractivity contribution in [2.24, 2.45) is 0 Å². The van der Waals surface area contributed by atoms with Gasteiger partial charge < -0.3 is 5.32 Å². The number of hydrogen-bond donors (Lipinski definition) is 2. The van der Waals surface area contributed by atoms with Crippen LogP contribution < -0.4 is 10.6 Å². The molecule has 0 bridgehead atoms. The Bertz CT molecular complexity index is 565. The van der Waals surface area contributed by atoms with E-state index in [1.54, 1.807) is 6.92 Å². The van der Waals surface area contributed by atoms with Crippen LogP contribution in [0, 0.1) is 6.92 Å². The van der Waals surface area contributed by atoms with Gasteiger partial charge in [-0.05, 0) is 32.9 Å². The lowest BCUT2D eigenvalue weighted by Gasteiger charge is -2.25. The Morgan fingerprint density at radius 2 is 1.95 bits per heavy atom. The van der Waals surface area contributed by atoms with Crippen molar-refractivity contribution in [1.82, 2.24) is 9.36 Å². The molecule has 1 heterocycles. The standard InChI is InChI=1S/C13H16N4OS/c1-9-14-12(19-17-9)15-11(18)13(2,3)16-10-7-5-4-6-8-10/h4-8,16H,1-3H3,(H,14,15,17,18). The SMILES string of the molecule is Cc1nsc(NC(=O)C(C)(C)Nc2ccccc2)n1. The van der Waals surface area contributed by atoms with Gasteiger partial charge in [-0.3, -0.25) is 10.1 Å². The summed E-state index contributed by atoms with van der Waals surface area (Å²) in [5, 5.41) is 6.48. The number of para-hydroxylation sites is 1. The molecule has 0 saturated heterocycles. The number of rotatable bonds is 4. The zero-order valence-electron chi connectivity index (χ0n) is 11.1. The predicted molar refractivity (Wildman–Crippen MR) is 77.4 cm³/mol. The molecule has 0 atom stereocenters. The summed E-state index contributed by atoms with van der Waals surface area (Å²) >= 11 is 1.18. The molecular weight excluding hydrogens is 260 g/mol. The van der Waals surface area contributed by atoms with E-state index >= 15 is 0 Å². The van der Waals surface area contributed by atoms with Crippen LogP contribution in [0.5, 0.6) is 0 Å². The number of amides is 1. The number of benzene rings is 1. The number of aromatic nitrogens is 2. The van der Waals surface area contributed by atoms with Crippen LogP contribution in [-0.2, 0) is 4.79 Å². The molecule has 5 nitrogen and oxygen atoms in total. The number of carbonyl (C=O) groups excluding carboxylic acids is 1. The third-order valence-electron chi connectivity index (χ3n) is 2.55. The van der Waals surface area contributed by atoms with Crippen LogP contribution in [0.15, 0.2) is 30.3 Å². The second-order valence-corrected chi connectivity index (χ2v) is 5.47. The molecule has 2 aromatic rings. The van der Waals surface area contributed by atoms with Gasteiger partial charge in [-0.1, -0.05) is 18.2 Å². The second-order valence-electron chi connectivity index (χ2n) is 4.72. The maximum absolute atomic E-state index is 12.2. The molecule has 6 heteroatoms. The van der Waals surface area contributed by atoms with Crippen molar-refractivity contribution < 1.29 is 4.79 Å². The first-order valence-electron chi connectivity index (χ1n) is 5.92. The smallest absolute Gasteiger partial charge is 0.251 e. The van der Waals surface area contributed by atoms with Crippen LogP contribution in [0.3, 0.4) is 0 Å². The van der Waals surface area contributed by atoms with Gasteiger partial charge in [0.2, 0.25) is 5.13 Å². The monoisotopic (exact) mass is 276 g/mol. The number of hydrogen-bond acceptors (Lipinski definition) is 5. The van der Waals surface area contributed by atoms with E-state index in [9.17, 15) is 4.79 Å². The molecule has 1 aromatic heterocycles. The van der Waals surface area contributed by atoms with Gasteiger partial charge in [0.1, 0.15) is 11.4 Å². The Balaban J connectivity index is 2.04. The third kappa shape index (κ3) is 3.51. The van der Waals surface area contributed by atoms with Crippen molar-refractivity contribution in [1.29, 1.82) is 0 Å². The van der Waals surface area contributed by atoms with Crippen LogP contribution in [0.4, 0.5) is 10.8 Å². The zero-order valence-corrected chi connectivity index (χ0v) is 11.9. The fraction of sp³-hybridized carbons (Fsp3) is 0.308. The van der Waals surface area contributed by atoms with Crippen molar-refractivity contribution in [2.45, 2.75) is 26.3 Å². The third-order valence-corrected chi connectivity index (χ3v) is 3.27. The fourth-order valence-corrected chi connectivity index (χ4v) is 2.11. The van der Waals surface area contributed by atoms with Gasteiger partial charge in [0.05, 0.1) is 0 Å². The first kappa shape index (κ1) is 13.5. The average Bonchev–Trinajstić information content (AvgIpc) is 2.75. The van der Waals surface area contributed by atoms with E-state index in [-0.39, 0.29) is 5.91 Å². The summed E-state index contributed by atoms with van der Waals surface area (Å²) in [5.41, 5.74) is 0.164. The average molecular weight is 276 g/mol. The van der Waals surface area contributed by atoms with Crippen LogP contribution in [0.2, 0.25) is 0 Å². The molecule has 0 fully saturated rings. The molecule has 0 aliphatic rings. The van der Waals surface area contributed by atoms with E-state index < -0.39 is 5.54 Å². The predicted octanol–water partition coefficient (Wildman–Crippen LogP) is 2.68.